The smallest absolute Gasteiger partial charge is 0.225 e. The Morgan fingerprint density at radius 2 is 1.19 bits per heavy atom. The van der Waals surface area contributed by atoms with Crippen LogP contribution in [0.5, 0.6) is 34.5 Å². The van der Waals surface area contributed by atoms with E-state index in [1.807, 2.05) is 30.3 Å². The first-order valence-corrected chi connectivity index (χ1v) is 11.8. The van der Waals surface area contributed by atoms with Gasteiger partial charge in [0.15, 0.2) is 34.5 Å². The minimum Gasteiger partial charge on any atom is -0.493 e. The number of methoxy groups -OCH3 is 6. The molecule has 3 rings (SSSR count). The van der Waals surface area contributed by atoms with Crippen molar-refractivity contribution in [1.29, 1.82) is 0 Å². The standard InChI is InChI=1S/C27H30BrNO7/c1-31-20-9-7-16(11-22(20)33-3)12-26(30)29-27(17-8-10-21(32-2)23(13-17)34-4)18-14-24(35-5)25(36-6)15-19(18)28/h7-11,13-15,27H,12H2,1-6H3,(H,29,30). The molecule has 0 spiro atoms. The first kappa shape index (κ1) is 27.0. The first-order chi connectivity index (χ1) is 17.4. The normalized spacial score (nSPS) is 11.3. The maximum absolute atomic E-state index is 13.3. The van der Waals surface area contributed by atoms with E-state index in [1.165, 1.54) is 0 Å². The van der Waals surface area contributed by atoms with Gasteiger partial charge >= 0.3 is 0 Å². The van der Waals surface area contributed by atoms with Crippen molar-refractivity contribution >= 4 is 21.8 Å². The second-order valence-corrected chi connectivity index (χ2v) is 8.56. The number of nitrogens with one attached hydrogen (secondary N) is 1. The van der Waals surface area contributed by atoms with Crippen molar-refractivity contribution < 1.29 is 33.2 Å². The van der Waals surface area contributed by atoms with Gasteiger partial charge in [-0.3, -0.25) is 4.79 Å². The molecule has 1 atom stereocenters. The van der Waals surface area contributed by atoms with Gasteiger partial charge in [0.25, 0.3) is 0 Å². The third-order valence-corrected chi connectivity index (χ3v) is 6.36. The van der Waals surface area contributed by atoms with Crippen molar-refractivity contribution in [3.8, 4) is 34.5 Å². The molecule has 0 aliphatic heterocycles. The van der Waals surface area contributed by atoms with Gasteiger partial charge in [0.05, 0.1) is 55.1 Å². The van der Waals surface area contributed by atoms with Gasteiger partial charge in [0, 0.05) is 4.47 Å². The number of carbonyl (C=O) groups excluding carboxylic acids is 1. The quantitative estimate of drug-likeness (QED) is 0.355. The molecule has 0 aliphatic rings. The van der Waals surface area contributed by atoms with Crippen LogP contribution >= 0.6 is 15.9 Å². The number of amides is 1. The van der Waals surface area contributed by atoms with Crippen LogP contribution in [0.25, 0.3) is 0 Å². The summed E-state index contributed by atoms with van der Waals surface area (Å²) in [5, 5.41) is 3.15. The average molecular weight is 560 g/mol. The molecule has 1 unspecified atom stereocenters. The molecule has 1 N–H and O–H groups in total. The number of halogens is 1. The summed E-state index contributed by atoms with van der Waals surface area (Å²) >= 11 is 3.63. The number of rotatable bonds is 11. The van der Waals surface area contributed by atoms with E-state index in [9.17, 15) is 4.79 Å². The average Bonchev–Trinajstić information content (AvgIpc) is 2.91. The zero-order chi connectivity index (χ0) is 26.2. The number of hydrogen-bond donors (Lipinski definition) is 1. The third-order valence-electron chi connectivity index (χ3n) is 5.67. The van der Waals surface area contributed by atoms with Crippen LogP contribution in [-0.2, 0) is 11.2 Å². The largest absolute Gasteiger partial charge is 0.493 e. The molecule has 0 aromatic heterocycles. The van der Waals surface area contributed by atoms with Gasteiger partial charge < -0.3 is 33.7 Å². The van der Waals surface area contributed by atoms with E-state index in [0.29, 0.717) is 34.5 Å². The maximum Gasteiger partial charge on any atom is 0.225 e. The maximum atomic E-state index is 13.3. The first-order valence-electron chi connectivity index (χ1n) is 11.0. The molecular weight excluding hydrogens is 530 g/mol. The molecule has 0 radical (unpaired) electrons. The summed E-state index contributed by atoms with van der Waals surface area (Å²) < 4.78 is 33.2. The van der Waals surface area contributed by atoms with Crippen LogP contribution in [-0.4, -0.2) is 48.6 Å². The summed E-state index contributed by atoms with van der Waals surface area (Å²) in [4.78, 5) is 13.3. The topological polar surface area (TPSA) is 84.5 Å². The molecule has 192 valence electrons. The molecule has 0 heterocycles. The van der Waals surface area contributed by atoms with E-state index in [-0.39, 0.29) is 12.3 Å². The predicted octanol–water partition coefficient (Wildman–Crippen LogP) is 4.95. The van der Waals surface area contributed by atoms with Gasteiger partial charge in [-0.1, -0.05) is 28.1 Å². The summed E-state index contributed by atoms with van der Waals surface area (Å²) in [6.45, 7) is 0. The lowest BCUT2D eigenvalue weighted by Crippen LogP contribution is -2.31. The van der Waals surface area contributed by atoms with Crippen LogP contribution in [0.2, 0.25) is 0 Å². The van der Waals surface area contributed by atoms with Crippen LogP contribution in [0.4, 0.5) is 0 Å². The highest BCUT2D eigenvalue weighted by molar-refractivity contribution is 9.10. The highest BCUT2D eigenvalue weighted by atomic mass is 79.9. The molecule has 3 aromatic rings. The minimum absolute atomic E-state index is 0.134. The van der Waals surface area contributed by atoms with Gasteiger partial charge in [-0.25, -0.2) is 0 Å². The van der Waals surface area contributed by atoms with E-state index >= 15 is 0 Å². The fraction of sp³-hybridized carbons (Fsp3) is 0.296. The van der Waals surface area contributed by atoms with Gasteiger partial charge in [-0.05, 0) is 53.1 Å². The summed E-state index contributed by atoms with van der Waals surface area (Å²) in [7, 11) is 9.41. The van der Waals surface area contributed by atoms with Crippen LogP contribution in [0.3, 0.4) is 0 Å². The molecule has 0 fully saturated rings. The lowest BCUT2D eigenvalue weighted by molar-refractivity contribution is -0.120. The van der Waals surface area contributed by atoms with E-state index in [1.54, 1.807) is 60.9 Å². The van der Waals surface area contributed by atoms with E-state index < -0.39 is 6.04 Å². The Morgan fingerprint density at radius 3 is 1.78 bits per heavy atom. The molecule has 3 aromatic carbocycles. The highest BCUT2D eigenvalue weighted by Crippen LogP contribution is 2.40. The third kappa shape index (κ3) is 5.96. The Balaban J connectivity index is 2.02. The Labute approximate surface area is 219 Å². The zero-order valence-electron chi connectivity index (χ0n) is 21.1. The van der Waals surface area contributed by atoms with Crippen molar-refractivity contribution in [3.63, 3.8) is 0 Å². The Bertz CT molecular complexity index is 1210. The number of benzene rings is 3. The molecule has 9 heteroatoms. The second-order valence-electron chi connectivity index (χ2n) is 7.71. The summed E-state index contributed by atoms with van der Waals surface area (Å²) in [6.07, 6.45) is 0.134. The summed E-state index contributed by atoms with van der Waals surface area (Å²) in [5.41, 5.74) is 2.35. The second kappa shape index (κ2) is 12.4. The molecule has 36 heavy (non-hydrogen) atoms. The van der Waals surface area contributed by atoms with E-state index in [2.05, 4.69) is 21.2 Å². The van der Waals surface area contributed by atoms with Gasteiger partial charge in [-0.2, -0.15) is 0 Å². The number of carbonyl (C=O) groups is 1. The molecule has 8 nitrogen and oxygen atoms in total. The van der Waals surface area contributed by atoms with Crippen LogP contribution in [0.15, 0.2) is 53.0 Å². The molecule has 0 bridgehead atoms. The number of ether oxygens (including phenoxy) is 6. The summed E-state index contributed by atoms with van der Waals surface area (Å²) in [5.74, 6) is 3.20. The Kier molecular flexibility index (Phi) is 9.30. The molecule has 1 amide bonds. The van der Waals surface area contributed by atoms with Crippen molar-refractivity contribution in [2.24, 2.45) is 0 Å². The minimum atomic E-state index is -0.536. The number of hydrogen-bond acceptors (Lipinski definition) is 7. The van der Waals surface area contributed by atoms with E-state index in [4.69, 9.17) is 28.4 Å². The monoisotopic (exact) mass is 559 g/mol. The van der Waals surface area contributed by atoms with Crippen LogP contribution in [0.1, 0.15) is 22.7 Å². The van der Waals surface area contributed by atoms with Crippen molar-refractivity contribution in [1.82, 2.24) is 5.32 Å². The van der Waals surface area contributed by atoms with Gasteiger partial charge in [-0.15, -0.1) is 0 Å². The van der Waals surface area contributed by atoms with Crippen LogP contribution in [0, 0.1) is 0 Å². The molecule has 0 saturated heterocycles. The lowest BCUT2D eigenvalue weighted by atomic mass is 9.97. The molecule has 0 aliphatic carbocycles. The van der Waals surface area contributed by atoms with E-state index in [0.717, 1.165) is 21.2 Å². The molecular formula is C27H30BrNO7. The highest BCUT2D eigenvalue weighted by Gasteiger charge is 2.24. The Morgan fingerprint density at radius 1 is 0.694 bits per heavy atom. The van der Waals surface area contributed by atoms with Gasteiger partial charge in [0.2, 0.25) is 5.91 Å². The van der Waals surface area contributed by atoms with Crippen molar-refractivity contribution in [3.05, 3.63) is 69.7 Å². The lowest BCUT2D eigenvalue weighted by Gasteiger charge is -2.23. The van der Waals surface area contributed by atoms with Gasteiger partial charge in [0.1, 0.15) is 0 Å². The Hall–Kier alpha value is -3.59. The summed E-state index contributed by atoms with van der Waals surface area (Å²) in [6, 6.07) is 14.0. The molecule has 0 saturated carbocycles. The fourth-order valence-corrected chi connectivity index (χ4v) is 4.40. The SMILES string of the molecule is COc1ccc(CC(=O)NC(c2ccc(OC)c(OC)c2)c2cc(OC)c(OC)cc2Br)cc1OC. The predicted molar refractivity (Wildman–Crippen MR) is 140 cm³/mol. The van der Waals surface area contributed by atoms with Crippen molar-refractivity contribution in [2.75, 3.05) is 42.7 Å². The zero-order valence-corrected chi connectivity index (χ0v) is 22.7. The fourth-order valence-electron chi connectivity index (χ4n) is 3.85. The van der Waals surface area contributed by atoms with Crippen molar-refractivity contribution in [2.45, 2.75) is 12.5 Å². The van der Waals surface area contributed by atoms with Crippen LogP contribution < -0.4 is 33.7 Å².